The van der Waals surface area contributed by atoms with E-state index in [9.17, 15) is 27.6 Å². The summed E-state index contributed by atoms with van der Waals surface area (Å²) in [7, 11) is 0. The Bertz CT molecular complexity index is 1250. The Morgan fingerprint density at radius 2 is 2.00 bits per heavy atom. The van der Waals surface area contributed by atoms with Crippen LogP contribution in [-0.2, 0) is 4.74 Å². The molecular weight excluding hydrogens is 503 g/mol. The van der Waals surface area contributed by atoms with E-state index in [-0.39, 0.29) is 35.1 Å². The Hall–Kier alpha value is -3.54. The molecule has 2 aromatic rings. The number of aromatic nitrogens is 2. The number of ether oxygens (including phenoxy) is 1. The minimum atomic E-state index is -4.49. The fourth-order valence-corrected chi connectivity index (χ4v) is 5.09. The van der Waals surface area contributed by atoms with Crippen molar-refractivity contribution in [3.63, 3.8) is 0 Å². The monoisotopic (exact) mass is 531 g/mol. The van der Waals surface area contributed by atoms with Crippen LogP contribution in [-0.4, -0.2) is 66.1 Å². The predicted molar refractivity (Wildman–Crippen MR) is 133 cm³/mol. The maximum absolute atomic E-state index is 13.4. The number of fused-ring (bicyclic) bond motifs is 4. The van der Waals surface area contributed by atoms with Crippen LogP contribution in [0.4, 0.5) is 35.3 Å². The highest BCUT2D eigenvalue weighted by Gasteiger charge is 2.41. The normalized spacial score (nSPS) is 21.3. The van der Waals surface area contributed by atoms with Crippen LogP contribution in [0.15, 0.2) is 30.5 Å². The second kappa shape index (κ2) is 10.3. The number of nitrogens with zero attached hydrogens (tertiary/aromatic N) is 4. The van der Waals surface area contributed by atoms with Gasteiger partial charge in [0.25, 0.3) is 0 Å². The molecule has 3 aliphatic rings. The Morgan fingerprint density at radius 1 is 1.18 bits per heavy atom. The largest absolute Gasteiger partial charge is 0.391 e. The Balaban J connectivity index is 1.35. The van der Waals surface area contributed by atoms with Crippen molar-refractivity contribution in [2.45, 2.75) is 44.8 Å². The molecule has 0 spiro atoms. The molecule has 0 aliphatic carbocycles. The van der Waals surface area contributed by atoms with Gasteiger partial charge in [-0.15, -0.1) is 0 Å². The van der Waals surface area contributed by atoms with E-state index in [0.29, 0.717) is 50.4 Å². The maximum Gasteiger partial charge on any atom is 0.391 e. The number of pyridine rings is 2. The summed E-state index contributed by atoms with van der Waals surface area (Å²) in [6.07, 6.45) is -1.93. The molecule has 3 aliphatic heterocycles. The summed E-state index contributed by atoms with van der Waals surface area (Å²) < 4.78 is 44.3. The van der Waals surface area contributed by atoms with Crippen LogP contribution in [0.3, 0.4) is 0 Å². The van der Waals surface area contributed by atoms with Gasteiger partial charge in [-0.1, -0.05) is 6.92 Å². The SMILES string of the molecule is C[C@@H](CC(=O)c1ccc2c(n1)N(C(=O)Nc1cc(C(=O)C[C@H]3CCOC3)ccn1)[C@H]1CCN2C1)C(F)(F)F. The topological polar surface area (TPSA) is 105 Å². The first-order valence-corrected chi connectivity index (χ1v) is 12.6. The molecular formula is C26H28F3N5O4. The number of amides is 2. The van der Waals surface area contributed by atoms with E-state index in [4.69, 9.17) is 4.74 Å². The van der Waals surface area contributed by atoms with Crippen molar-refractivity contribution >= 4 is 34.9 Å². The standard InChI is InChI=1S/C26H28F3N5O4/c1-15(26(27,28)29)10-22(36)19-2-3-20-24(31-19)34(18-5-8-33(20)13-18)25(37)32-23-12-17(4-7-30-23)21(35)11-16-6-9-38-14-16/h2-4,7,12,15-16,18H,5-6,8-11,13-14H2,1H3,(H,30,32,37)/t15-,16+,18-/m0/s1. The summed E-state index contributed by atoms with van der Waals surface area (Å²) >= 11 is 0. The lowest BCUT2D eigenvalue weighted by molar-refractivity contribution is -0.168. The number of hydrogen-bond acceptors (Lipinski definition) is 7. The van der Waals surface area contributed by atoms with Gasteiger partial charge in [-0.2, -0.15) is 13.2 Å². The van der Waals surface area contributed by atoms with Gasteiger partial charge in [0.1, 0.15) is 11.5 Å². The van der Waals surface area contributed by atoms with Gasteiger partial charge >= 0.3 is 12.2 Å². The Labute approximate surface area is 217 Å². The molecule has 9 nitrogen and oxygen atoms in total. The molecule has 2 aromatic heterocycles. The van der Waals surface area contributed by atoms with Crippen molar-refractivity contribution in [3.8, 4) is 0 Å². The number of carbonyl (C=O) groups is 3. The van der Waals surface area contributed by atoms with Crippen molar-refractivity contribution in [1.29, 1.82) is 0 Å². The van der Waals surface area contributed by atoms with Crippen LogP contribution < -0.4 is 15.1 Å². The highest BCUT2D eigenvalue weighted by atomic mass is 19.4. The van der Waals surface area contributed by atoms with Crippen LogP contribution >= 0.6 is 0 Å². The molecule has 2 amide bonds. The average Bonchev–Trinajstić information content (AvgIpc) is 3.54. The second-order valence-corrected chi connectivity index (χ2v) is 10.1. The van der Waals surface area contributed by atoms with Crippen LogP contribution in [0, 0.1) is 11.8 Å². The number of nitrogens with one attached hydrogen (secondary N) is 1. The van der Waals surface area contributed by atoms with Gasteiger partial charge in [0.15, 0.2) is 17.4 Å². The van der Waals surface area contributed by atoms with Crippen LogP contribution in [0.1, 0.15) is 53.5 Å². The van der Waals surface area contributed by atoms with Crippen molar-refractivity contribution < 1.29 is 32.3 Å². The number of urea groups is 1. The van der Waals surface area contributed by atoms with Gasteiger partial charge in [0.05, 0.1) is 17.6 Å². The molecule has 0 radical (unpaired) electrons. The molecule has 2 fully saturated rings. The van der Waals surface area contributed by atoms with Gasteiger partial charge in [0, 0.05) is 50.9 Å². The zero-order valence-electron chi connectivity index (χ0n) is 20.8. The van der Waals surface area contributed by atoms with Crippen LogP contribution in [0.2, 0.25) is 0 Å². The minimum absolute atomic E-state index is 0.0638. The first-order chi connectivity index (χ1) is 18.1. The molecule has 0 saturated carbocycles. The highest BCUT2D eigenvalue weighted by Crippen LogP contribution is 2.39. The van der Waals surface area contributed by atoms with E-state index < -0.39 is 30.3 Å². The molecule has 12 heteroatoms. The summed E-state index contributed by atoms with van der Waals surface area (Å²) in [6.45, 7) is 3.40. The lowest BCUT2D eigenvalue weighted by Crippen LogP contribution is -2.48. The zero-order valence-corrected chi connectivity index (χ0v) is 20.8. The molecule has 3 atom stereocenters. The third-order valence-electron chi connectivity index (χ3n) is 7.32. The van der Waals surface area contributed by atoms with E-state index in [1.165, 1.54) is 23.2 Å². The predicted octanol–water partition coefficient (Wildman–Crippen LogP) is 4.49. The molecule has 0 unspecified atom stereocenters. The lowest BCUT2D eigenvalue weighted by Gasteiger charge is -2.35. The molecule has 202 valence electrons. The van der Waals surface area contributed by atoms with Crippen LogP contribution in [0.5, 0.6) is 0 Å². The van der Waals surface area contributed by atoms with E-state index in [0.717, 1.165) is 13.3 Å². The number of Topliss-reactive ketones (excluding diaryl/α,β-unsaturated/α-hetero) is 2. The number of carbonyl (C=O) groups excluding carboxylic acids is 3. The molecule has 2 bridgehead atoms. The fourth-order valence-electron chi connectivity index (χ4n) is 5.09. The number of hydrogen-bond donors (Lipinski definition) is 1. The fraction of sp³-hybridized carbons (Fsp3) is 0.500. The molecule has 2 saturated heterocycles. The van der Waals surface area contributed by atoms with Gasteiger partial charge < -0.3 is 9.64 Å². The number of ketones is 2. The van der Waals surface area contributed by atoms with Crippen molar-refractivity contribution in [3.05, 3.63) is 41.7 Å². The summed E-state index contributed by atoms with van der Waals surface area (Å²) in [5.74, 6) is -2.04. The van der Waals surface area contributed by atoms with Gasteiger partial charge in [-0.25, -0.2) is 14.8 Å². The van der Waals surface area contributed by atoms with Crippen LogP contribution in [0.25, 0.3) is 0 Å². The molecule has 1 N–H and O–H groups in total. The lowest BCUT2D eigenvalue weighted by atomic mass is 9.98. The molecule has 5 heterocycles. The number of halogens is 3. The smallest absolute Gasteiger partial charge is 0.381 e. The maximum atomic E-state index is 13.4. The minimum Gasteiger partial charge on any atom is -0.381 e. The van der Waals surface area contributed by atoms with Crippen molar-refractivity contribution in [1.82, 2.24) is 9.97 Å². The first kappa shape index (κ1) is 26.1. The Kier molecular flexibility index (Phi) is 7.08. The molecule has 5 rings (SSSR count). The zero-order chi connectivity index (χ0) is 27.0. The number of rotatable bonds is 7. The summed E-state index contributed by atoms with van der Waals surface area (Å²) in [4.78, 5) is 50.8. The van der Waals surface area contributed by atoms with E-state index in [2.05, 4.69) is 15.3 Å². The van der Waals surface area contributed by atoms with E-state index >= 15 is 0 Å². The Morgan fingerprint density at radius 3 is 2.74 bits per heavy atom. The molecule has 0 aromatic carbocycles. The van der Waals surface area contributed by atoms with Gasteiger partial charge in [0.2, 0.25) is 0 Å². The summed E-state index contributed by atoms with van der Waals surface area (Å²) in [5, 5.41) is 2.73. The third kappa shape index (κ3) is 5.35. The number of alkyl halides is 3. The number of anilines is 3. The summed E-state index contributed by atoms with van der Waals surface area (Å²) in [6, 6.07) is 5.38. The highest BCUT2D eigenvalue weighted by molar-refractivity contribution is 6.06. The second-order valence-electron chi connectivity index (χ2n) is 10.1. The first-order valence-electron chi connectivity index (χ1n) is 12.6. The average molecular weight is 532 g/mol. The van der Waals surface area contributed by atoms with E-state index in [1.807, 2.05) is 4.90 Å². The van der Waals surface area contributed by atoms with Crippen molar-refractivity contribution in [2.24, 2.45) is 11.8 Å². The van der Waals surface area contributed by atoms with Crippen molar-refractivity contribution in [2.75, 3.05) is 41.4 Å². The molecule has 38 heavy (non-hydrogen) atoms. The van der Waals surface area contributed by atoms with Gasteiger partial charge in [-0.3, -0.25) is 19.8 Å². The quantitative estimate of drug-likeness (QED) is 0.525. The van der Waals surface area contributed by atoms with Gasteiger partial charge in [-0.05, 0) is 43.0 Å². The van der Waals surface area contributed by atoms with E-state index in [1.54, 1.807) is 12.1 Å². The summed E-state index contributed by atoms with van der Waals surface area (Å²) in [5.41, 5.74) is 0.935. The third-order valence-corrected chi connectivity index (χ3v) is 7.32.